The second-order valence-corrected chi connectivity index (χ2v) is 7.14. The van der Waals surface area contributed by atoms with Gasteiger partial charge in [-0.1, -0.05) is 30.3 Å². The summed E-state index contributed by atoms with van der Waals surface area (Å²) in [5, 5.41) is 23.4. The van der Waals surface area contributed by atoms with Crippen molar-refractivity contribution in [3.05, 3.63) is 58.3 Å². The summed E-state index contributed by atoms with van der Waals surface area (Å²) >= 11 is 3.46. The number of nitrogens with zero attached hydrogens (tertiary/aromatic N) is 3. The zero-order chi connectivity index (χ0) is 17.9. The van der Waals surface area contributed by atoms with Crippen LogP contribution in [0.5, 0.6) is 0 Å². The molecule has 134 valence electrons. The van der Waals surface area contributed by atoms with Crippen molar-refractivity contribution in [1.29, 1.82) is 0 Å². The fraction of sp³-hybridized carbons (Fsp3) is 0.278. The number of aliphatic hydroxyl groups excluding tert-OH is 1. The standard InChI is InChI=1S/C18H19BrN6O/c19-13-9-20-18(21-15(10-26)11-4-2-1-3-5-11)23-17(13)22-16-8-14(24-25-16)12-6-7-12/h1-5,8-9,12,15,26H,6-7,10H2,(H3,20,21,22,23,24,25)/t15-/m0/s1. The van der Waals surface area contributed by atoms with Crippen LogP contribution >= 0.6 is 15.9 Å². The normalized spacial score (nSPS) is 14.8. The van der Waals surface area contributed by atoms with Crippen molar-refractivity contribution in [2.75, 3.05) is 17.2 Å². The Labute approximate surface area is 159 Å². The fourth-order valence-electron chi connectivity index (χ4n) is 2.73. The number of anilines is 3. The summed E-state index contributed by atoms with van der Waals surface area (Å²) in [5.74, 6) is 2.37. The van der Waals surface area contributed by atoms with Crippen LogP contribution in [0.15, 0.2) is 47.1 Å². The lowest BCUT2D eigenvalue weighted by Crippen LogP contribution is -2.16. The Bertz CT molecular complexity index is 880. The van der Waals surface area contributed by atoms with Gasteiger partial charge in [0.25, 0.3) is 0 Å². The maximum Gasteiger partial charge on any atom is 0.225 e. The number of aromatic amines is 1. The van der Waals surface area contributed by atoms with Crippen LogP contribution in [0.25, 0.3) is 0 Å². The highest BCUT2D eigenvalue weighted by Gasteiger charge is 2.25. The summed E-state index contributed by atoms with van der Waals surface area (Å²) in [6.45, 7) is -0.0592. The molecule has 1 saturated carbocycles. The van der Waals surface area contributed by atoms with Crippen molar-refractivity contribution in [1.82, 2.24) is 20.2 Å². The van der Waals surface area contributed by atoms with Crippen LogP contribution < -0.4 is 10.6 Å². The molecule has 1 aliphatic carbocycles. The molecule has 2 aromatic heterocycles. The van der Waals surface area contributed by atoms with Gasteiger partial charge in [0, 0.05) is 23.9 Å². The zero-order valence-electron chi connectivity index (χ0n) is 14.0. The van der Waals surface area contributed by atoms with E-state index in [2.05, 4.69) is 46.7 Å². The Morgan fingerprint density at radius 2 is 2.08 bits per heavy atom. The summed E-state index contributed by atoms with van der Waals surface area (Å²) in [4.78, 5) is 8.79. The first kappa shape index (κ1) is 17.0. The van der Waals surface area contributed by atoms with Gasteiger partial charge in [-0.2, -0.15) is 10.1 Å². The molecule has 0 saturated heterocycles. The number of benzene rings is 1. The molecular weight excluding hydrogens is 396 g/mol. The topological polar surface area (TPSA) is 98.8 Å². The van der Waals surface area contributed by atoms with Crippen LogP contribution in [0.2, 0.25) is 0 Å². The molecule has 0 bridgehead atoms. The predicted octanol–water partition coefficient (Wildman–Crippen LogP) is 3.73. The molecule has 1 atom stereocenters. The molecule has 8 heteroatoms. The first-order valence-electron chi connectivity index (χ1n) is 8.50. The van der Waals surface area contributed by atoms with Gasteiger partial charge >= 0.3 is 0 Å². The Morgan fingerprint density at radius 1 is 1.27 bits per heavy atom. The third-order valence-electron chi connectivity index (χ3n) is 4.29. The minimum absolute atomic E-state index is 0.0592. The minimum Gasteiger partial charge on any atom is -0.394 e. The lowest BCUT2D eigenvalue weighted by atomic mass is 10.1. The lowest BCUT2D eigenvalue weighted by molar-refractivity contribution is 0.276. The maximum atomic E-state index is 9.70. The average Bonchev–Trinajstić information content (AvgIpc) is 3.42. The smallest absolute Gasteiger partial charge is 0.225 e. The average molecular weight is 415 g/mol. The fourth-order valence-corrected chi connectivity index (χ4v) is 3.02. The van der Waals surface area contributed by atoms with Crippen molar-refractivity contribution in [2.24, 2.45) is 0 Å². The van der Waals surface area contributed by atoms with E-state index >= 15 is 0 Å². The van der Waals surface area contributed by atoms with Crippen LogP contribution in [-0.2, 0) is 0 Å². The van der Waals surface area contributed by atoms with Gasteiger partial charge in [0.15, 0.2) is 11.6 Å². The highest BCUT2D eigenvalue weighted by Crippen LogP contribution is 2.39. The van der Waals surface area contributed by atoms with Crippen LogP contribution in [0, 0.1) is 0 Å². The minimum atomic E-state index is -0.280. The Morgan fingerprint density at radius 3 is 2.81 bits per heavy atom. The maximum absolute atomic E-state index is 9.70. The van der Waals surface area contributed by atoms with E-state index in [0.717, 1.165) is 21.5 Å². The van der Waals surface area contributed by atoms with Gasteiger partial charge in [0.2, 0.25) is 5.95 Å². The number of hydrogen-bond donors (Lipinski definition) is 4. The van der Waals surface area contributed by atoms with Gasteiger partial charge in [-0.15, -0.1) is 0 Å². The van der Waals surface area contributed by atoms with E-state index < -0.39 is 0 Å². The molecule has 4 N–H and O–H groups in total. The van der Waals surface area contributed by atoms with Gasteiger partial charge < -0.3 is 15.7 Å². The Hall–Kier alpha value is -2.45. The predicted molar refractivity (Wildman–Crippen MR) is 103 cm³/mol. The number of rotatable bonds is 7. The number of halogens is 1. The molecule has 0 spiro atoms. The molecule has 1 fully saturated rings. The molecule has 3 aromatic rings. The Balaban J connectivity index is 1.51. The van der Waals surface area contributed by atoms with Crippen LogP contribution in [0.4, 0.5) is 17.6 Å². The molecule has 0 aliphatic heterocycles. The zero-order valence-corrected chi connectivity index (χ0v) is 15.6. The molecule has 1 aromatic carbocycles. The van der Waals surface area contributed by atoms with E-state index in [9.17, 15) is 5.11 Å². The van der Waals surface area contributed by atoms with Crippen molar-refractivity contribution < 1.29 is 5.11 Å². The van der Waals surface area contributed by atoms with Crippen molar-refractivity contribution in [3.63, 3.8) is 0 Å². The van der Waals surface area contributed by atoms with Gasteiger partial charge in [0.05, 0.1) is 17.1 Å². The number of aliphatic hydroxyl groups is 1. The molecule has 0 amide bonds. The molecule has 0 radical (unpaired) electrons. The molecule has 2 heterocycles. The van der Waals surface area contributed by atoms with Crippen molar-refractivity contribution >= 4 is 33.5 Å². The van der Waals surface area contributed by atoms with Crippen LogP contribution in [-0.4, -0.2) is 31.9 Å². The van der Waals surface area contributed by atoms with E-state index in [1.54, 1.807) is 6.20 Å². The van der Waals surface area contributed by atoms with Crippen molar-refractivity contribution in [3.8, 4) is 0 Å². The monoisotopic (exact) mass is 414 g/mol. The van der Waals surface area contributed by atoms with E-state index in [-0.39, 0.29) is 12.6 Å². The first-order valence-corrected chi connectivity index (χ1v) is 9.29. The Kier molecular flexibility index (Phi) is 4.85. The third kappa shape index (κ3) is 3.86. The quantitative estimate of drug-likeness (QED) is 0.470. The molecule has 26 heavy (non-hydrogen) atoms. The van der Waals surface area contributed by atoms with Crippen LogP contribution in [0.1, 0.15) is 36.1 Å². The van der Waals surface area contributed by atoms with E-state index in [0.29, 0.717) is 17.7 Å². The third-order valence-corrected chi connectivity index (χ3v) is 4.87. The number of hydrogen-bond acceptors (Lipinski definition) is 6. The van der Waals surface area contributed by atoms with Gasteiger partial charge in [-0.3, -0.25) is 5.10 Å². The summed E-state index contributed by atoms with van der Waals surface area (Å²) in [6, 6.07) is 11.4. The van der Waals surface area contributed by atoms with Gasteiger partial charge in [-0.05, 0) is 34.3 Å². The summed E-state index contributed by atoms with van der Waals surface area (Å²) in [7, 11) is 0. The molecule has 0 unspecified atom stereocenters. The van der Waals surface area contributed by atoms with Crippen LogP contribution in [0.3, 0.4) is 0 Å². The van der Waals surface area contributed by atoms with E-state index in [1.165, 1.54) is 12.8 Å². The summed E-state index contributed by atoms with van der Waals surface area (Å²) in [5.41, 5.74) is 2.12. The number of H-pyrrole nitrogens is 1. The summed E-state index contributed by atoms with van der Waals surface area (Å²) < 4.78 is 0.735. The summed E-state index contributed by atoms with van der Waals surface area (Å²) in [6.07, 6.45) is 4.11. The second-order valence-electron chi connectivity index (χ2n) is 6.29. The van der Waals surface area contributed by atoms with Gasteiger partial charge in [0.1, 0.15) is 0 Å². The highest BCUT2D eigenvalue weighted by molar-refractivity contribution is 9.10. The van der Waals surface area contributed by atoms with E-state index in [1.807, 2.05) is 36.4 Å². The molecule has 7 nitrogen and oxygen atoms in total. The molecule has 4 rings (SSSR count). The second kappa shape index (κ2) is 7.43. The lowest BCUT2D eigenvalue weighted by Gasteiger charge is -2.17. The SMILES string of the molecule is OC[C@H](Nc1ncc(Br)c(Nc2cc(C3CC3)[nH]n2)n1)c1ccccc1. The molecule has 1 aliphatic rings. The van der Waals surface area contributed by atoms with E-state index in [4.69, 9.17) is 0 Å². The number of aromatic nitrogens is 4. The molecular formula is C18H19BrN6O. The largest absolute Gasteiger partial charge is 0.394 e. The first-order chi connectivity index (χ1) is 12.7. The van der Waals surface area contributed by atoms with Gasteiger partial charge in [-0.25, -0.2) is 4.98 Å². The highest BCUT2D eigenvalue weighted by atomic mass is 79.9. The van der Waals surface area contributed by atoms with Crippen molar-refractivity contribution in [2.45, 2.75) is 24.8 Å². The number of nitrogens with one attached hydrogen (secondary N) is 3.